The van der Waals surface area contributed by atoms with Crippen molar-refractivity contribution in [2.24, 2.45) is 0 Å². The van der Waals surface area contributed by atoms with Crippen molar-refractivity contribution in [2.45, 2.75) is 17.9 Å². The predicted molar refractivity (Wildman–Crippen MR) is 68.1 cm³/mol. The summed E-state index contributed by atoms with van der Waals surface area (Å²) in [4.78, 5) is -0.275. The van der Waals surface area contributed by atoms with E-state index in [-0.39, 0.29) is 10.6 Å². The van der Waals surface area contributed by atoms with Gasteiger partial charge in [-0.25, -0.2) is 17.5 Å². The molecule has 0 amide bonds. The Kier molecular flexibility index (Phi) is 3.54. The van der Waals surface area contributed by atoms with Crippen molar-refractivity contribution in [2.75, 3.05) is 5.73 Å². The average molecular weight is 284 g/mol. The van der Waals surface area contributed by atoms with E-state index >= 15 is 0 Å². The van der Waals surface area contributed by atoms with Gasteiger partial charge in [-0.15, -0.1) is 0 Å². The van der Waals surface area contributed by atoms with Gasteiger partial charge in [0.2, 0.25) is 10.0 Å². The first-order valence-corrected chi connectivity index (χ1v) is 6.94. The SMILES string of the molecule is CC(NS(=O)(=O)c1cc(F)ccc1N)c1cn[nH]c1. The number of nitrogens with zero attached hydrogens (tertiary/aromatic N) is 1. The van der Waals surface area contributed by atoms with Crippen LogP contribution in [0.3, 0.4) is 0 Å². The molecule has 0 aliphatic carbocycles. The van der Waals surface area contributed by atoms with Gasteiger partial charge in [-0.05, 0) is 25.1 Å². The fourth-order valence-corrected chi connectivity index (χ4v) is 2.98. The van der Waals surface area contributed by atoms with Crippen LogP contribution in [0.5, 0.6) is 0 Å². The van der Waals surface area contributed by atoms with Gasteiger partial charge in [0.05, 0.1) is 11.9 Å². The molecule has 102 valence electrons. The summed E-state index contributed by atoms with van der Waals surface area (Å²) >= 11 is 0. The summed E-state index contributed by atoms with van der Waals surface area (Å²) in [7, 11) is -3.90. The lowest BCUT2D eigenvalue weighted by atomic mass is 10.2. The Morgan fingerprint density at radius 1 is 1.47 bits per heavy atom. The molecule has 2 rings (SSSR count). The van der Waals surface area contributed by atoms with Gasteiger partial charge in [-0.3, -0.25) is 5.10 Å². The summed E-state index contributed by atoms with van der Waals surface area (Å²) < 4.78 is 39.8. The highest BCUT2D eigenvalue weighted by molar-refractivity contribution is 7.89. The Morgan fingerprint density at radius 3 is 2.84 bits per heavy atom. The van der Waals surface area contributed by atoms with Gasteiger partial charge in [-0.1, -0.05) is 0 Å². The van der Waals surface area contributed by atoms with Crippen LogP contribution in [0.1, 0.15) is 18.5 Å². The van der Waals surface area contributed by atoms with Gasteiger partial charge < -0.3 is 5.73 Å². The van der Waals surface area contributed by atoms with Gasteiger partial charge in [0, 0.05) is 17.8 Å². The number of aromatic amines is 1. The number of hydrogen-bond acceptors (Lipinski definition) is 4. The zero-order chi connectivity index (χ0) is 14.0. The van der Waals surface area contributed by atoms with Gasteiger partial charge in [0.25, 0.3) is 0 Å². The standard InChI is InChI=1S/C11H13FN4O2S/c1-7(8-5-14-15-6-8)16-19(17,18)11-4-9(12)2-3-10(11)13/h2-7,16H,13H2,1H3,(H,14,15). The number of sulfonamides is 1. The number of hydrogen-bond donors (Lipinski definition) is 3. The fourth-order valence-electron chi connectivity index (χ4n) is 1.60. The Hall–Kier alpha value is -1.93. The van der Waals surface area contributed by atoms with E-state index in [2.05, 4.69) is 14.9 Å². The number of benzene rings is 1. The number of H-pyrrole nitrogens is 1. The molecule has 4 N–H and O–H groups in total. The van der Waals surface area contributed by atoms with E-state index in [0.29, 0.717) is 5.56 Å². The zero-order valence-corrected chi connectivity index (χ0v) is 10.9. The summed E-state index contributed by atoms with van der Waals surface area (Å²) in [6, 6.07) is 2.70. The van der Waals surface area contributed by atoms with Crippen LogP contribution in [-0.4, -0.2) is 18.6 Å². The molecule has 19 heavy (non-hydrogen) atoms. The van der Waals surface area contributed by atoms with Crippen molar-refractivity contribution in [3.63, 3.8) is 0 Å². The van der Waals surface area contributed by atoms with Crippen LogP contribution >= 0.6 is 0 Å². The van der Waals surface area contributed by atoms with Crippen molar-refractivity contribution in [1.82, 2.24) is 14.9 Å². The molecule has 1 unspecified atom stereocenters. The molecule has 1 aromatic heterocycles. The molecular formula is C11H13FN4O2S. The van der Waals surface area contributed by atoms with Crippen molar-refractivity contribution in [1.29, 1.82) is 0 Å². The summed E-state index contributed by atoms with van der Waals surface area (Å²) in [5, 5.41) is 6.32. The van der Waals surface area contributed by atoms with E-state index < -0.39 is 21.9 Å². The summed E-state index contributed by atoms with van der Waals surface area (Å²) in [5.41, 5.74) is 6.22. The van der Waals surface area contributed by atoms with Crippen molar-refractivity contribution in [3.05, 3.63) is 42.0 Å². The third kappa shape index (κ3) is 2.91. The first kappa shape index (κ1) is 13.5. The fraction of sp³-hybridized carbons (Fsp3) is 0.182. The third-order valence-corrected chi connectivity index (χ3v) is 4.21. The molecule has 1 atom stereocenters. The van der Waals surface area contributed by atoms with E-state index in [1.165, 1.54) is 12.3 Å². The summed E-state index contributed by atoms with van der Waals surface area (Å²) in [6.45, 7) is 1.65. The highest BCUT2D eigenvalue weighted by atomic mass is 32.2. The Bertz CT molecular complexity index is 670. The molecule has 0 saturated heterocycles. The maximum Gasteiger partial charge on any atom is 0.243 e. The monoisotopic (exact) mass is 284 g/mol. The number of halogens is 1. The van der Waals surface area contributed by atoms with Crippen LogP contribution in [-0.2, 0) is 10.0 Å². The van der Waals surface area contributed by atoms with Crippen LogP contribution in [0.15, 0.2) is 35.5 Å². The van der Waals surface area contributed by atoms with Crippen LogP contribution in [0.4, 0.5) is 10.1 Å². The minimum absolute atomic E-state index is 0.00621. The minimum atomic E-state index is -3.90. The van der Waals surface area contributed by atoms with Gasteiger partial charge in [0.1, 0.15) is 10.7 Å². The molecule has 8 heteroatoms. The third-order valence-electron chi connectivity index (χ3n) is 2.62. The molecule has 2 aromatic rings. The lowest BCUT2D eigenvalue weighted by Gasteiger charge is -2.14. The van der Waals surface area contributed by atoms with E-state index in [1.54, 1.807) is 13.1 Å². The molecule has 0 saturated carbocycles. The molecule has 0 aliphatic rings. The molecule has 0 radical (unpaired) electrons. The van der Waals surface area contributed by atoms with Gasteiger partial charge >= 0.3 is 0 Å². The second-order valence-electron chi connectivity index (χ2n) is 4.06. The molecular weight excluding hydrogens is 271 g/mol. The highest BCUT2D eigenvalue weighted by Gasteiger charge is 2.21. The van der Waals surface area contributed by atoms with Gasteiger partial charge in [0.15, 0.2) is 0 Å². The Labute approximate surface area is 109 Å². The number of nitrogens with two attached hydrogens (primary N) is 1. The quantitative estimate of drug-likeness (QED) is 0.733. The summed E-state index contributed by atoms with van der Waals surface area (Å²) in [5.74, 6) is -0.662. The Morgan fingerprint density at radius 2 is 2.21 bits per heavy atom. The largest absolute Gasteiger partial charge is 0.398 e. The smallest absolute Gasteiger partial charge is 0.243 e. The van der Waals surface area contributed by atoms with Crippen LogP contribution < -0.4 is 10.5 Å². The van der Waals surface area contributed by atoms with Gasteiger partial charge in [-0.2, -0.15) is 5.10 Å². The normalized spacial score (nSPS) is 13.4. The van der Waals surface area contributed by atoms with E-state index in [0.717, 1.165) is 12.1 Å². The summed E-state index contributed by atoms with van der Waals surface area (Å²) in [6.07, 6.45) is 3.07. The number of nitrogen functional groups attached to an aromatic ring is 1. The van der Waals surface area contributed by atoms with E-state index in [4.69, 9.17) is 5.73 Å². The number of anilines is 1. The molecule has 0 aliphatic heterocycles. The second-order valence-corrected chi connectivity index (χ2v) is 5.74. The molecule has 0 spiro atoms. The first-order chi connectivity index (χ1) is 8.90. The predicted octanol–water partition coefficient (Wildman–Crippen LogP) is 1.17. The molecule has 1 aromatic carbocycles. The first-order valence-electron chi connectivity index (χ1n) is 5.46. The molecule has 6 nitrogen and oxygen atoms in total. The van der Waals surface area contributed by atoms with Crippen molar-refractivity contribution >= 4 is 15.7 Å². The number of aromatic nitrogens is 2. The maximum absolute atomic E-state index is 13.1. The van der Waals surface area contributed by atoms with Crippen LogP contribution in [0.25, 0.3) is 0 Å². The number of rotatable bonds is 4. The molecule has 0 fully saturated rings. The molecule has 0 bridgehead atoms. The van der Waals surface area contributed by atoms with Crippen molar-refractivity contribution < 1.29 is 12.8 Å². The zero-order valence-electron chi connectivity index (χ0n) is 10.1. The lowest BCUT2D eigenvalue weighted by molar-refractivity contribution is 0.564. The Balaban J connectivity index is 2.30. The second kappa shape index (κ2) is 4.98. The van der Waals surface area contributed by atoms with E-state index in [9.17, 15) is 12.8 Å². The maximum atomic E-state index is 13.1. The van der Waals surface area contributed by atoms with Crippen LogP contribution in [0.2, 0.25) is 0 Å². The lowest BCUT2D eigenvalue weighted by Crippen LogP contribution is -2.27. The number of nitrogens with one attached hydrogen (secondary N) is 2. The average Bonchev–Trinajstić information content (AvgIpc) is 2.85. The van der Waals surface area contributed by atoms with E-state index in [1.807, 2.05) is 0 Å². The topological polar surface area (TPSA) is 101 Å². The minimum Gasteiger partial charge on any atom is -0.398 e. The molecule has 1 heterocycles. The van der Waals surface area contributed by atoms with Crippen LogP contribution in [0, 0.1) is 5.82 Å². The van der Waals surface area contributed by atoms with Crippen molar-refractivity contribution in [3.8, 4) is 0 Å². The highest BCUT2D eigenvalue weighted by Crippen LogP contribution is 2.21.